The van der Waals surface area contributed by atoms with Crippen molar-refractivity contribution in [2.24, 2.45) is 11.8 Å². The molecule has 9 rings (SSSR count). The molecule has 3 aliphatic rings. The number of nitrogens with one attached hydrogen (secondary N) is 2. The Kier molecular flexibility index (Phi) is 14.9. The molecule has 8 unspecified atom stereocenters. The van der Waals surface area contributed by atoms with Crippen LogP contribution in [0.5, 0.6) is 11.5 Å². The molecule has 15 heteroatoms. The van der Waals surface area contributed by atoms with Crippen molar-refractivity contribution in [1.29, 1.82) is 0 Å². The highest BCUT2D eigenvalue weighted by molar-refractivity contribution is 6.25. The maximum absolute atomic E-state index is 16.7. The normalized spacial score (nSPS) is 21.6. The third-order valence-electron chi connectivity index (χ3n) is 14.0. The molecule has 1 spiro atoms. The largest absolute Gasteiger partial charge is 0.497 e. The van der Waals surface area contributed by atoms with Crippen molar-refractivity contribution in [2.45, 2.75) is 55.6 Å². The summed E-state index contributed by atoms with van der Waals surface area (Å²) in [6, 6.07) is 40.4. The SMILES string of the molecule is COC(=O)C(NC(=O)N1C(=O)C2(c3cc(C#Cc4ccc(OC)cc4)ccc31)C(C(=O)NCC(O)c1ccccc1)C1C(=O)OC(c3ccccc3)C(c3ccccc3)N1C2c1ccc(OCCO)cc1)C(C)C. The van der Waals surface area contributed by atoms with Gasteiger partial charge in [0, 0.05) is 17.7 Å². The van der Waals surface area contributed by atoms with Gasteiger partial charge < -0.3 is 39.8 Å². The van der Waals surface area contributed by atoms with Crippen LogP contribution in [0.3, 0.4) is 0 Å². The number of methoxy groups -OCH3 is 2. The number of benzene rings is 6. The molecule has 6 aromatic carbocycles. The Morgan fingerprint density at radius 3 is 1.97 bits per heavy atom. The average molecular weight is 997 g/mol. The predicted octanol–water partition coefficient (Wildman–Crippen LogP) is 6.89. The fourth-order valence-electron chi connectivity index (χ4n) is 10.6. The smallest absolute Gasteiger partial charge is 0.329 e. The van der Waals surface area contributed by atoms with Gasteiger partial charge in [0.2, 0.25) is 11.8 Å². The van der Waals surface area contributed by atoms with E-state index >= 15 is 19.2 Å². The first kappa shape index (κ1) is 50.6. The number of imide groups is 1. The van der Waals surface area contributed by atoms with Crippen molar-refractivity contribution in [2.75, 3.05) is 38.9 Å². The van der Waals surface area contributed by atoms with Crippen LogP contribution in [-0.2, 0) is 34.1 Å². The zero-order chi connectivity index (χ0) is 52.1. The number of hydrogen-bond acceptors (Lipinski definition) is 12. The number of amides is 4. The summed E-state index contributed by atoms with van der Waals surface area (Å²) in [5, 5.41) is 26.9. The minimum atomic E-state index is -2.18. The topological polar surface area (TPSA) is 193 Å². The quantitative estimate of drug-likeness (QED) is 0.0654. The van der Waals surface area contributed by atoms with Crippen LogP contribution >= 0.6 is 0 Å². The summed E-state index contributed by atoms with van der Waals surface area (Å²) in [7, 11) is 2.77. The number of hydrogen-bond donors (Lipinski definition) is 4. The zero-order valence-electron chi connectivity index (χ0n) is 41.2. The van der Waals surface area contributed by atoms with Crippen molar-refractivity contribution in [3.63, 3.8) is 0 Å². The van der Waals surface area contributed by atoms with Gasteiger partial charge in [-0.05, 0) is 88.3 Å². The summed E-state index contributed by atoms with van der Waals surface area (Å²) < 4.78 is 22.9. The minimum Gasteiger partial charge on any atom is -0.497 e. The summed E-state index contributed by atoms with van der Waals surface area (Å²) in [5.41, 5.74) is 1.45. The van der Waals surface area contributed by atoms with Gasteiger partial charge in [-0.25, -0.2) is 14.5 Å². The fraction of sp³-hybridized carbons (Fsp3) is 0.271. The number of nitrogens with zero attached hydrogens (tertiary/aromatic N) is 2. The molecule has 3 aliphatic heterocycles. The molecule has 4 amide bonds. The number of esters is 2. The first-order valence-electron chi connectivity index (χ1n) is 24.4. The lowest BCUT2D eigenvalue weighted by molar-refractivity contribution is -0.178. The van der Waals surface area contributed by atoms with E-state index in [0.717, 1.165) is 4.90 Å². The van der Waals surface area contributed by atoms with Crippen LogP contribution in [0.4, 0.5) is 10.5 Å². The maximum Gasteiger partial charge on any atom is 0.329 e. The number of carbonyl (C=O) groups is 5. The number of cyclic esters (lactones) is 1. The van der Waals surface area contributed by atoms with Crippen LogP contribution in [0.15, 0.2) is 158 Å². The summed E-state index contributed by atoms with van der Waals surface area (Å²) in [6.45, 7) is 2.87. The van der Waals surface area contributed by atoms with E-state index in [1.165, 1.54) is 7.11 Å². The number of fused-ring (bicyclic) bond motifs is 3. The molecule has 74 heavy (non-hydrogen) atoms. The van der Waals surface area contributed by atoms with Gasteiger partial charge in [0.05, 0.1) is 50.6 Å². The highest BCUT2D eigenvalue weighted by Crippen LogP contribution is 2.66. The molecular formula is C59H56N4O11. The first-order chi connectivity index (χ1) is 35.9. The molecule has 2 saturated heterocycles. The van der Waals surface area contributed by atoms with Crippen LogP contribution in [0.25, 0.3) is 0 Å². The van der Waals surface area contributed by atoms with Gasteiger partial charge in [0.25, 0.3) is 0 Å². The van der Waals surface area contributed by atoms with E-state index in [1.807, 2.05) is 65.6 Å². The van der Waals surface area contributed by atoms with Crippen LogP contribution in [-0.4, -0.2) is 91.0 Å². The molecule has 0 aromatic heterocycles. The third-order valence-corrected chi connectivity index (χ3v) is 14.0. The molecule has 0 bridgehead atoms. The number of carbonyl (C=O) groups excluding carboxylic acids is 5. The van der Waals surface area contributed by atoms with Crippen molar-refractivity contribution in [3.05, 3.63) is 197 Å². The van der Waals surface area contributed by atoms with Gasteiger partial charge in [0.1, 0.15) is 41.7 Å². The average Bonchev–Trinajstić information content (AvgIpc) is 3.92. The molecule has 4 N–H and O–H groups in total. The molecule has 6 aromatic rings. The van der Waals surface area contributed by atoms with E-state index in [2.05, 4.69) is 22.5 Å². The number of anilines is 1. The van der Waals surface area contributed by atoms with Crippen LogP contribution in [0.2, 0.25) is 0 Å². The number of morpholine rings is 1. The van der Waals surface area contributed by atoms with Gasteiger partial charge in [-0.3, -0.25) is 19.3 Å². The molecule has 15 nitrogen and oxygen atoms in total. The van der Waals surface area contributed by atoms with Gasteiger partial charge in [-0.1, -0.05) is 129 Å². The Hall–Kier alpha value is -8.29. The molecule has 0 aliphatic carbocycles. The Labute approximate surface area is 429 Å². The lowest BCUT2D eigenvalue weighted by Crippen LogP contribution is -2.58. The van der Waals surface area contributed by atoms with E-state index in [9.17, 15) is 15.0 Å². The van der Waals surface area contributed by atoms with Crippen LogP contribution < -0.4 is 25.0 Å². The lowest BCUT2D eigenvalue weighted by Gasteiger charge is -2.46. The van der Waals surface area contributed by atoms with Crippen LogP contribution in [0.1, 0.15) is 77.1 Å². The first-order valence-corrected chi connectivity index (χ1v) is 24.4. The van der Waals surface area contributed by atoms with E-state index < -0.39 is 83.4 Å². The number of aliphatic hydroxyl groups is 2. The summed E-state index contributed by atoms with van der Waals surface area (Å²) in [4.78, 5) is 79.4. The number of ether oxygens (including phenoxy) is 4. The molecule has 378 valence electrons. The standard InChI is InChI=1S/C59H56N4O11/c1-36(2)49(55(67)72-4)61-58(70)62-46-31-24-38(21-20-37-22-27-43(71-3)28-23-37)34-45(46)59(57(62)69)48(54(66)60-35-47(65)39-14-8-5-9-15-39)51-56(68)74-52(41-18-12-7-13-19-41)50(40-16-10-6-11-17-40)63(51)53(59)42-25-29-44(30-26-42)73-33-32-64/h5-19,22-31,34,36,47-53,64-65H,32-33,35H2,1-4H3,(H,60,66)(H,61,70). The highest BCUT2D eigenvalue weighted by Gasteiger charge is 2.75. The number of aliphatic hydroxyl groups excluding tert-OH is 2. The van der Waals surface area contributed by atoms with Gasteiger partial charge in [-0.2, -0.15) is 0 Å². The van der Waals surface area contributed by atoms with Crippen LogP contribution in [0, 0.1) is 23.7 Å². The number of urea groups is 1. The Morgan fingerprint density at radius 1 is 0.743 bits per heavy atom. The van der Waals surface area contributed by atoms with Gasteiger partial charge in [-0.15, -0.1) is 0 Å². The van der Waals surface area contributed by atoms with E-state index in [-0.39, 0.29) is 31.0 Å². The third kappa shape index (κ3) is 9.46. The highest BCUT2D eigenvalue weighted by atomic mass is 16.6. The van der Waals surface area contributed by atoms with Crippen molar-refractivity contribution >= 4 is 35.5 Å². The predicted molar refractivity (Wildman–Crippen MR) is 274 cm³/mol. The summed E-state index contributed by atoms with van der Waals surface area (Å²) in [6.07, 6.45) is -2.19. The second-order valence-corrected chi connectivity index (χ2v) is 18.6. The Bertz CT molecular complexity index is 3070. The lowest BCUT2D eigenvalue weighted by atomic mass is 9.65. The molecule has 8 atom stereocenters. The molecular weight excluding hydrogens is 941 g/mol. The number of rotatable bonds is 14. The second-order valence-electron chi connectivity index (χ2n) is 18.6. The van der Waals surface area contributed by atoms with E-state index in [1.54, 1.807) is 118 Å². The van der Waals surface area contributed by atoms with Gasteiger partial charge in [0.15, 0.2) is 0 Å². The zero-order valence-corrected chi connectivity index (χ0v) is 41.2. The second kappa shape index (κ2) is 21.8. The Balaban J connectivity index is 1.34. The van der Waals surface area contributed by atoms with Crippen molar-refractivity contribution in [1.82, 2.24) is 15.5 Å². The van der Waals surface area contributed by atoms with E-state index in [4.69, 9.17) is 18.9 Å². The monoisotopic (exact) mass is 996 g/mol. The van der Waals surface area contributed by atoms with Crippen molar-refractivity contribution < 1.29 is 53.1 Å². The maximum atomic E-state index is 16.7. The molecule has 2 fully saturated rings. The minimum absolute atomic E-state index is 0.00210. The summed E-state index contributed by atoms with van der Waals surface area (Å²) >= 11 is 0. The van der Waals surface area contributed by atoms with Gasteiger partial charge >= 0.3 is 18.0 Å². The molecule has 0 radical (unpaired) electrons. The summed E-state index contributed by atoms with van der Waals surface area (Å²) in [5.74, 6) is 2.07. The molecule has 0 saturated carbocycles. The van der Waals surface area contributed by atoms with Crippen molar-refractivity contribution in [3.8, 4) is 23.3 Å². The van der Waals surface area contributed by atoms with E-state index in [0.29, 0.717) is 44.9 Å². The Morgan fingerprint density at radius 2 is 1.35 bits per heavy atom. The molecule has 3 heterocycles. The fourth-order valence-corrected chi connectivity index (χ4v) is 10.6.